The number of nitrogens with zero attached hydrogens (tertiary/aromatic N) is 1. The molecule has 0 aliphatic carbocycles. The van der Waals surface area contributed by atoms with Crippen LogP contribution in [-0.4, -0.2) is 74.3 Å². The van der Waals surface area contributed by atoms with E-state index in [4.69, 9.17) is 18.6 Å². The van der Waals surface area contributed by atoms with Gasteiger partial charge >= 0.3 is 0 Å². The second kappa shape index (κ2) is 18.6. The van der Waals surface area contributed by atoms with E-state index in [-0.39, 0.29) is 65.9 Å². The summed E-state index contributed by atoms with van der Waals surface area (Å²) in [6, 6.07) is 17.9. The van der Waals surface area contributed by atoms with Gasteiger partial charge in [-0.15, -0.1) is 0 Å². The smallest absolute Gasteiger partial charge is 0.261 e. The number of carbonyl (C=O) groups excluding carboxylic acids is 2. The summed E-state index contributed by atoms with van der Waals surface area (Å²) < 4.78 is 27.7. The molecule has 10 atom stereocenters. The molecule has 2 aromatic rings. The lowest BCUT2D eigenvalue weighted by molar-refractivity contribution is -0.0762. The number of fused-ring (bicyclic) bond motifs is 1. The van der Waals surface area contributed by atoms with E-state index in [1.54, 1.807) is 12.1 Å². The second-order valence-electron chi connectivity index (χ2n) is 19.3. The monoisotopic (exact) mass is 798 g/mol. The van der Waals surface area contributed by atoms with Gasteiger partial charge in [-0.25, -0.2) is 0 Å². The standard InChI is InChI=1S/C49H71NO6Si/c1-11-12-20-37-28-33(3)43(53-37)26-24-38-27-32(2)34(4)45(54-38)30-46-40(25-23-36-18-14-13-15-19-36)35(5)44(55-46)29-39(56-57(9,10)49(6,7)8)31-50-47(51)41-21-16-17-22-42(41)48(50)52/h13-19,21-22,32,35,37-40,43-46H,3-4,11-12,20,23-31H2,1-2,5-10H3/t32-,35-,37+,38+,39+,40?,43?,44?,45?,46+/m1/s1. The Labute approximate surface area is 345 Å². The number of carbonyl (C=O) groups is 2. The van der Waals surface area contributed by atoms with Crippen molar-refractivity contribution in [3.8, 4) is 0 Å². The Morgan fingerprint density at radius 2 is 1.49 bits per heavy atom. The number of amides is 2. The molecule has 0 bridgehead atoms. The van der Waals surface area contributed by atoms with Crippen molar-refractivity contribution in [3.63, 3.8) is 0 Å². The second-order valence-corrected chi connectivity index (χ2v) is 24.0. The molecule has 0 N–H and O–H groups in total. The van der Waals surface area contributed by atoms with Crippen LogP contribution in [0, 0.1) is 17.8 Å². The fourth-order valence-electron chi connectivity index (χ4n) is 9.47. The van der Waals surface area contributed by atoms with Crippen LogP contribution in [0.1, 0.15) is 132 Å². The highest BCUT2D eigenvalue weighted by Gasteiger charge is 2.48. The molecule has 6 rings (SSSR count). The first kappa shape index (κ1) is 43.7. The molecule has 0 aromatic heterocycles. The number of rotatable bonds is 17. The Balaban J connectivity index is 1.18. The van der Waals surface area contributed by atoms with E-state index in [1.165, 1.54) is 34.5 Å². The summed E-state index contributed by atoms with van der Waals surface area (Å²) in [5, 5.41) is -0.0457. The maximum absolute atomic E-state index is 13.6. The van der Waals surface area contributed by atoms with Gasteiger partial charge in [-0.3, -0.25) is 14.5 Å². The highest BCUT2D eigenvalue weighted by Crippen LogP contribution is 2.45. The third kappa shape index (κ3) is 10.3. The van der Waals surface area contributed by atoms with E-state index in [0.29, 0.717) is 35.5 Å². The molecule has 0 radical (unpaired) electrons. The van der Waals surface area contributed by atoms with Crippen molar-refractivity contribution in [1.82, 2.24) is 4.90 Å². The molecule has 4 heterocycles. The van der Waals surface area contributed by atoms with E-state index in [0.717, 1.165) is 51.4 Å². The van der Waals surface area contributed by atoms with Crippen LogP contribution in [-0.2, 0) is 25.1 Å². The highest BCUT2D eigenvalue weighted by atomic mass is 28.4. The van der Waals surface area contributed by atoms with Gasteiger partial charge in [0.05, 0.1) is 60.4 Å². The average molecular weight is 798 g/mol. The Kier molecular flexibility index (Phi) is 14.2. The SMILES string of the molecule is C=C1C[C@H](CCCC)OC1CC[C@H]1C[C@@H](C)C(=C)C(C[C@@H]2OC(C[C@@H](CN3C(=O)c4ccccc4C3=O)O[Si](C)(C)C(C)(C)C)[C@H](C)C2CCc2ccccc2)O1. The molecule has 4 unspecified atom stereocenters. The van der Waals surface area contributed by atoms with Crippen molar-refractivity contribution in [2.45, 2.75) is 173 Å². The lowest BCUT2D eigenvalue weighted by atomic mass is 9.79. The fourth-order valence-corrected chi connectivity index (χ4v) is 10.8. The summed E-state index contributed by atoms with van der Waals surface area (Å²) in [7, 11) is -2.29. The number of hydrogen-bond acceptors (Lipinski definition) is 6. The van der Waals surface area contributed by atoms with Crippen molar-refractivity contribution in [2.75, 3.05) is 6.54 Å². The molecule has 57 heavy (non-hydrogen) atoms. The van der Waals surface area contributed by atoms with Crippen LogP contribution in [0.4, 0.5) is 0 Å². The van der Waals surface area contributed by atoms with E-state index in [2.05, 4.69) is 98.1 Å². The summed E-state index contributed by atoms with van der Waals surface area (Å²) in [6.45, 7) is 27.2. The molecule has 2 amide bonds. The van der Waals surface area contributed by atoms with Crippen molar-refractivity contribution >= 4 is 20.1 Å². The van der Waals surface area contributed by atoms with Crippen molar-refractivity contribution < 1.29 is 28.2 Å². The Morgan fingerprint density at radius 3 is 2.14 bits per heavy atom. The van der Waals surface area contributed by atoms with Crippen LogP contribution in [0.15, 0.2) is 78.9 Å². The summed E-state index contributed by atoms with van der Waals surface area (Å²) in [4.78, 5) is 28.7. The predicted molar refractivity (Wildman–Crippen MR) is 232 cm³/mol. The van der Waals surface area contributed by atoms with E-state index in [1.807, 2.05) is 12.1 Å². The maximum Gasteiger partial charge on any atom is 0.261 e. The largest absolute Gasteiger partial charge is 0.412 e. The van der Waals surface area contributed by atoms with Gasteiger partial charge in [0.25, 0.3) is 11.8 Å². The van der Waals surface area contributed by atoms with Crippen molar-refractivity contribution in [3.05, 3.63) is 95.6 Å². The minimum absolute atomic E-state index is 0.0218. The molecule has 312 valence electrons. The minimum atomic E-state index is -2.29. The maximum atomic E-state index is 13.6. The Bertz CT molecular complexity index is 1680. The third-order valence-corrected chi connectivity index (χ3v) is 18.7. The average Bonchev–Trinajstić information content (AvgIpc) is 3.76. The summed E-state index contributed by atoms with van der Waals surface area (Å²) in [6.07, 6.45) is 10.7. The van der Waals surface area contributed by atoms with E-state index < -0.39 is 8.32 Å². The quantitative estimate of drug-likeness (QED) is 0.0901. The zero-order valence-corrected chi connectivity index (χ0v) is 37.3. The number of benzene rings is 2. The molecular formula is C49H71NO6Si. The van der Waals surface area contributed by atoms with Crippen LogP contribution >= 0.6 is 0 Å². The lowest BCUT2D eigenvalue weighted by Gasteiger charge is -2.40. The zero-order chi connectivity index (χ0) is 41.1. The number of hydrogen-bond donors (Lipinski definition) is 0. The Hall–Kier alpha value is -2.88. The van der Waals surface area contributed by atoms with Crippen LogP contribution < -0.4 is 0 Å². The number of imide groups is 1. The molecule has 3 saturated heterocycles. The first-order valence-corrected chi connectivity index (χ1v) is 25.0. The normalized spacial score (nSPS) is 30.0. The molecule has 2 aromatic carbocycles. The van der Waals surface area contributed by atoms with Gasteiger partial charge in [0.2, 0.25) is 0 Å². The Morgan fingerprint density at radius 1 is 0.842 bits per heavy atom. The molecule has 7 nitrogen and oxygen atoms in total. The summed E-state index contributed by atoms with van der Waals surface area (Å²) in [5.74, 6) is 0.414. The van der Waals surface area contributed by atoms with Crippen LogP contribution in [0.2, 0.25) is 18.1 Å². The van der Waals surface area contributed by atoms with Gasteiger partial charge in [0.1, 0.15) is 0 Å². The molecule has 3 fully saturated rings. The minimum Gasteiger partial charge on any atom is -0.412 e. The van der Waals surface area contributed by atoms with Gasteiger partial charge in [-0.1, -0.05) is 110 Å². The molecular weight excluding hydrogens is 727 g/mol. The van der Waals surface area contributed by atoms with Gasteiger partial charge in [-0.2, -0.15) is 0 Å². The fraction of sp³-hybridized carbons (Fsp3) is 0.633. The molecule has 8 heteroatoms. The lowest BCUT2D eigenvalue weighted by Crippen LogP contribution is -2.49. The number of ether oxygens (including phenoxy) is 3. The van der Waals surface area contributed by atoms with Crippen LogP contribution in [0.25, 0.3) is 0 Å². The van der Waals surface area contributed by atoms with Gasteiger partial charge in [0, 0.05) is 12.8 Å². The molecule has 4 aliphatic rings. The van der Waals surface area contributed by atoms with Crippen LogP contribution in [0.3, 0.4) is 0 Å². The van der Waals surface area contributed by atoms with Crippen molar-refractivity contribution in [2.24, 2.45) is 17.8 Å². The summed E-state index contributed by atoms with van der Waals surface area (Å²) in [5.41, 5.74) is 4.67. The van der Waals surface area contributed by atoms with Gasteiger partial charge in [-0.05, 0) is 110 Å². The first-order valence-electron chi connectivity index (χ1n) is 22.1. The van der Waals surface area contributed by atoms with E-state index in [9.17, 15) is 9.59 Å². The molecule has 0 spiro atoms. The van der Waals surface area contributed by atoms with Crippen molar-refractivity contribution in [1.29, 1.82) is 0 Å². The highest BCUT2D eigenvalue weighted by molar-refractivity contribution is 6.74. The topological polar surface area (TPSA) is 74.3 Å². The van der Waals surface area contributed by atoms with Gasteiger partial charge < -0.3 is 18.6 Å². The molecule has 4 aliphatic heterocycles. The first-order chi connectivity index (χ1) is 27.1. The zero-order valence-electron chi connectivity index (χ0n) is 36.3. The third-order valence-electron chi connectivity index (χ3n) is 14.1. The number of aryl methyl sites for hydroxylation is 1. The van der Waals surface area contributed by atoms with Gasteiger partial charge in [0.15, 0.2) is 8.32 Å². The van der Waals surface area contributed by atoms with E-state index >= 15 is 0 Å². The predicted octanol–water partition coefficient (Wildman–Crippen LogP) is 11.1. The number of unbranched alkanes of at least 4 members (excludes halogenated alkanes) is 1. The van der Waals surface area contributed by atoms with Crippen LogP contribution in [0.5, 0.6) is 0 Å². The summed E-state index contributed by atoms with van der Waals surface area (Å²) >= 11 is 0. The molecule has 0 saturated carbocycles.